The summed E-state index contributed by atoms with van der Waals surface area (Å²) in [6.07, 6.45) is 5.05. The van der Waals surface area contributed by atoms with Crippen molar-refractivity contribution in [3.8, 4) is 0 Å². The van der Waals surface area contributed by atoms with Gasteiger partial charge in [0.2, 0.25) is 11.8 Å². The second-order valence-corrected chi connectivity index (χ2v) is 9.39. The molecule has 2 atom stereocenters. The van der Waals surface area contributed by atoms with Crippen LogP contribution in [0.3, 0.4) is 0 Å². The Morgan fingerprint density at radius 2 is 1.97 bits per heavy atom. The molecule has 0 spiro atoms. The molecule has 0 radical (unpaired) electrons. The number of aliphatic hydroxyl groups is 1. The lowest BCUT2D eigenvalue weighted by molar-refractivity contribution is -0.130. The van der Waals surface area contributed by atoms with E-state index in [1.807, 2.05) is 4.90 Å². The van der Waals surface area contributed by atoms with Crippen molar-refractivity contribution in [1.82, 2.24) is 14.7 Å². The summed E-state index contributed by atoms with van der Waals surface area (Å²) < 4.78 is 0. The number of aliphatic hydroxyl groups excluding tert-OH is 1. The highest BCUT2D eigenvalue weighted by Crippen LogP contribution is 2.23. The Morgan fingerprint density at radius 1 is 1.16 bits per heavy atom. The van der Waals surface area contributed by atoms with Crippen molar-refractivity contribution in [2.45, 2.75) is 32.3 Å². The third-order valence-electron chi connectivity index (χ3n) is 5.88. The molecule has 2 amide bonds. The molecule has 0 aliphatic carbocycles. The largest absolute Gasteiger partial charge is 0.392 e. The van der Waals surface area contributed by atoms with Crippen molar-refractivity contribution in [2.75, 3.05) is 45.8 Å². The molecule has 0 saturated carbocycles. The monoisotopic (exact) mass is 467 g/mol. The molecule has 0 aromatic heterocycles. The molecule has 2 aliphatic rings. The number of piperidine rings is 1. The summed E-state index contributed by atoms with van der Waals surface area (Å²) >= 11 is 11.9. The SMILES string of the molecule is C[C@H]1C[C@@H](O)CN(CCCN2CCN(C(=O)C=Cc3ccc(Cl)c(Cl)c3)CCC2=O)C1. The van der Waals surface area contributed by atoms with Crippen LogP contribution < -0.4 is 0 Å². The Balaban J connectivity index is 1.46. The molecule has 170 valence electrons. The predicted molar refractivity (Wildman–Crippen MR) is 124 cm³/mol. The topological polar surface area (TPSA) is 64.1 Å². The standard InChI is InChI=1S/C23H31Cl2N3O3/c1-17-13-19(29)16-26(15-17)8-2-9-27-11-12-28(10-7-23(27)31)22(30)6-4-18-3-5-20(24)21(25)14-18/h3-6,14,17,19,29H,2,7-13,15-16H2,1H3/t17-,19+/m0/s1. The zero-order chi connectivity index (χ0) is 22.4. The van der Waals surface area contributed by atoms with Gasteiger partial charge >= 0.3 is 0 Å². The predicted octanol–water partition coefficient (Wildman–Crippen LogP) is 3.16. The molecular formula is C23H31Cl2N3O3. The van der Waals surface area contributed by atoms with Gasteiger partial charge in [0, 0.05) is 51.8 Å². The number of halogens is 2. The summed E-state index contributed by atoms with van der Waals surface area (Å²) in [5.41, 5.74) is 0.799. The summed E-state index contributed by atoms with van der Waals surface area (Å²) in [5.74, 6) is 0.480. The first kappa shape index (κ1) is 24.1. The van der Waals surface area contributed by atoms with E-state index in [0.29, 0.717) is 55.1 Å². The maximum atomic E-state index is 12.6. The van der Waals surface area contributed by atoms with E-state index in [0.717, 1.165) is 31.5 Å². The van der Waals surface area contributed by atoms with Crippen LogP contribution in [0.4, 0.5) is 0 Å². The summed E-state index contributed by atoms with van der Waals surface area (Å²) in [6.45, 7) is 6.93. The molecule has 8 heteroatoms. The third-order valence-corrected chi connectivity index (χ3v) is 6.62. The van der Waals surface area contributed by atoms with E-state index in [9.17, 15) is 14.7 Å². The number of benzene rings is 1. The minimum Gasteiger partial charge on any atom is -0.392 e. The van der Waals surface area contributed by atoms with Gasteiger partial charge in [-0.1, -0.05) is 36.2 Å². The van der Waals surface area contributed by atoms with Crippen molar-refractivity contribution in [2.24, 2.45) is 5.92 Å². The second kappa shape index (κ2) is 11.3. The lowest BCUT2D eigenvalue weighted by Crippen LogP contribution is -2.43. The number of hydrogen-bond acceptors (Lipinski definition) is 4. The zero-order valence-corrected chi connectivity index (χ0v) is 19.5. The van der Waals surface area contributed by atoms with Crippen LogP contribution in [0.5, 0.6) is 0 Å². The van der Waals surface area contributed by atoms with Crippen LogP contribution in [-0.2, 0) is 9.59 Å². The molecule has 31 heavy (non-hydrogen) atoms. The van der Waals surface area contributed by atoms with Gasteiger partial charge in [0.25, 0.3) is 0 Å². The highest BCUT2D eigenvalue weighted by Gasteiger charge is 2.25. The molecule has 2 aliphatic heterocycles. The average Bonchev–Trinajstić information content (AvgIpc) is 2.90. The Morgan fingerprint density at radius 3 is 2.71 bits per heavy atom. The van der Waals surface area contributed by atoms with Gasteiger partial charge in [-0.3, -0.25) is 9.59 Å². The molecular weight excluding hydrogens is 437 g/mol. The number of carbonyl (C=O) groups is 2. The maximum absolute atomic E-state index is 12.6. The van der Waals surface area contributed by atoms with Crippen molar-refractivity contribution in [1.29, 1.82) is 0 Å². The number of likely N-dealkylation sites (tertiary alicyclic amines) is 1. The van der Waals surface area contributed by atoms with E-state index >= 15 is 0 Å². The molecule has 2 heterocycles. The molecule has 2 fully saturated rings. The van der Waals surface area contributed by atoms with E-state index in [1.165, 1.54) is 6.08 Å². The lowest BCUT2D eigenvalue weighted by Gasteiger charge is -2.34. The summed E-state index contributed by atoms with van der Waals surface area (Å²) in [4.78, 5) is 31.0. The minimum absolute atomic E-state index is 0.0933. The zero-order valence-electron chi connectivity index (χ0n) is 18.0. The summed E-state index contributed by atoms with van der Waals surface area (Å²) in [5, 5.41) is 10.9. The quantitative estimate of drug-likeness (QED) is 0.652. The lowest BCUT2D eigenvalue weighted by atomic mass is 9.98. The van der Waals surface area contributed by atoms with E-state index < -0.39 is 0 Å². The Labute approximate surface area is 194 Å². The summed E-state index contributed by atoms with van der Waals surface area (Å²) in [7, 11) is 0. The molecule has 0 unspecified atom stereocenters. The van der Waals surface area contributed by atoms with Crippen LogP contribution in [0.15, 0.2) is 24.3 Å². The van der Waals surface area contributed by atoms with Gasteiger partial charge in [-0.2, -0.15) is 0 Å². The van der Waals surface area contributed by atoms with E-state index in [-0.39, 0.29) is 17.9 Å². The van der Waals surface area contributed by atoms with Gasteiger partial charge in [0.1, 0.15) is 0 Å². The normalized spacial score (nSPS) is 23.4. The van der Waals surface area contributed by atoms with Crippen molar-refractivity contribution in [3.63, 3.8) is 0 Å². The van der Waals surface area contributed by atoms with Crippen LogP contribution >= 0.6 is 23.2 Å². The first-order valence-corrected chi connectivity index (χ1v) is 11.7. The fourth-order valence-corrected chi connectivity index (χ4v) is 4.61. The first-order valence-electron chi connectivity index (χ1n) is 10.9. The van der Waals surface area contributed by atoms with Crippen molar-refractivity contribution in [3.05, 3.63) is 39.9 Å². The average molecular weight is 468 g/mol. The highest BCUT2D eigenvalue weighted by molar-refractivity contribution is 6.42. The maximum Gasteiger partial charge on any atom is 0.246 e. The van der Waals surface area contributed by atoms with Gasteiger partial charge in [-0.05, 0) is 49.1 Å². The Hall–Kier alpha value is -1.60. The van der Waals surface area contributed by atoms with Crippen LogP contribution in [0, 0.1) is 5.92 Å². The molecule has 1 aromatic carbocycles. The minimum atomic E-state index is -0.250. The fraction of sp³-hybridized carbons (Fsp3) is 0.565. The molecule has 3 rings (SSSR count). The Kier molecular flexibility index (Phi) is 8.78. The number of hydrogen-bond donors (Lipinski definition) is 1. The number of β-amino-alcohol motifs (C(OH)–C–C–N with tert-alkyl or cyclic N) is 1. The first-order chi connectivity index (χ1) is 14.8. The summed E-state index contributed by atoms with van der Waals surface area (Å²) in [6, 6.07) is 5.21. The molecule has 2 saturated heterocycles. The van der Waals surface area contributed by atoms with E-state index in [2.05, 4.69) is 11.8 Å². The molecule has 1 aromatic rings. The smallest absolute Gasteiger partial charge is 0.246 e. The highest BCUT2D eigenvalue weighted by atomic mass is 35.5. The van der Waals surface area contributed by atoms with Gasteiger partial charge in [0.05, 0.1) is 16.1 Å². The number of carbonyl (C=O) groups excluding carboxylic acids is 2. The van der Waals surface area contributed by atoms with Crippen molar-refractivity contribution < 1.29 is 14.7 Å². The van der Waals surface area contributed by atoms with Gasteiger partial charge in [0.15, 0.2) is 0 Å². The fourth-order valence-electron chi connectivity index (χ4n) is 4.31. The Bertz CT molecular complexity index is 807. The van der Waals surface area contributed by atoms with Gasteiger partial charge in [-0.25, -0.2) is 0 Å². The number of rotatable bonds is 6. The third kappa shape index (κ3) is 7.21. The van der Waals surface area contributed by atoms with Crippen LogP contribution in [0.1, 0.15) is 31.7 Å². The van der Waals surface area contributed by atoms with Gasteiger partial charge < -0.3 is 19.8 Å². The number of amides is 2. The van der Waals surface area contributed by atoms with Crippen LogP contribution in [0.2, 0.25) is 10.0 Å². The van der Waals surface area contributed by atoms with Gasteiger partial charge in [-0.15, -0.1) is 0 Å². The van der Waals surface area contributed by atoms with Crippen molar-refractivity contribution >= 4 is 41.1 Å². The molecule has 6 nitrogen and oxygen atoms in total. The molecule has 0 bridgehead atoms. The molecule has 1 N–H and O–H groups in total. The van der Waals surface area contributed by atoms with E-state index in [1.54, 1.807) is 29.2 Å². The second-order valence-electron chi connectivity index (χ2n) is 8.57. The van der Waals surface area contributed by atoms with Crippen LogP contribution in [-0.4, -0.2) is 83.5 Å². The van der Waals surface area contributed by atoms with E-state index in [4.69, 9.17) is 23.2 Å². The number of nitrogens with zero attached hydrogens (tertiary/aromatic N) is 3. The van der Waals surface area contributed by atoms with Crippen LogP contribution in [0.25, 0.3) is 6.08 Å².